The third-order valence-electron chi connectivity index (χ3n) is 6.44. The van der Waals surface area contributed by atoms with Gasteiger partial charge in [-0.05, 0) is 55.6 Å². The molecule has 0 heterocycles. The van der Waals surface area contributed by atoms with Crippen LogP contribution in [0.5, 0.6) is 0 Å². The molecule has 0 aliphatic heterocycles. The molecule has 0 aromatic heterocycles. The van der Waals surface area contributed by atoms with E-state index >= 15 is 0 Å². The SMILES string of the molecule is Cc1ccc(S(=O)(=O)N(C)C[C@@]2(O)[C@@H]3CC[C@@H](C3)C2(C)C)cc1. The smallest absolute Gasteiger partial charge is 0.242 e. The predicted octanol–water partition coefficient (Wildman–Crippen LogP) is 2.80. The van der Waals surface area contributed by atoms with E-state index in [4.69, 9.17) is 0 Å². The zero-order valence-corrected chi connectivity index (χ0v) is 15.2. The van der Waals surface area contributed by atoms with Crippen LogP contribution < -0.4 is 0 Å². The second kappa shape index (κ2) is 5.30. The quantitative estimate of drug-likeness (QED) is 0.919. The molecule has 3 rings (SSSR count). The maximum atomic E-state index is 12.8. The van der Waals surface area contributed by atoms with Gasteiger partial charge >= 0.3 is 0 Å². The summed E-state index contributed by atoms with van der Waals surface area (Å²) in [5, 5.41) is 11.3. The standard InChI is InChI=1S/C18H27NO3S/c1-13-5-9-16(10-6-13)23(21,22)19(4)12-18(20)15-8-7-14(11-15)17(18,2)3/h5-6,9-10,14-15,20H,7-8,11-12H2,1-4H3/t14-,15+,18+/m0/s1. The van der Waals surface area contributed by atoms with E-state index in [-0.39, 0.29) is 22.8 Å². The molecule has 23 heavy (non-hydrogen) atoms. The van der Waals surface area contributed by atoms with Crippen molar-refractivity contribution in [3.05, 3.63) is 29.8 Å². The Labute approximate surface area is 139 Å². The van der Waals surface area contributed by atoms with Gasteiger partial charge in [0, 0.05) is 13.6 Å². The van der Waals surface area contributed by atoms with Crippen molar-refractivity contribution in [3.63, 3.8) is 0 Å². The molecule has 0 radical (unpaired) electrons. The van der Waals surface area contributed by atoms with Crippen LogP contribution in [0.15, 0.2) is 29.2 Å². The zero-order valence-electron chi connectivity index (χ0n) is 14.4. The Morgan fingerprint density at radius 1 is 1.17 bits per heavy atom. The van der Waals surface area contributed by atoms with Crippen LogP contribution in [0.3, 0.4) is 0 Å². The Balaban J connectivity index is 1.86. The molecule has 1 N–H and O–H groups in total. The molecule has 2 saturated carbocycles. The maximum absolute atomic E-state index is 12.8. The van der Waals surface area contributed by atoms with Crippen molar-refractivity contribution in [2.45, 2.75) is 50.5 Å². The number of sulfonamides is 1. The fraction of sp³-hybridized carbons (Fsp3) is 0.667. The van der Waals surface area contributed by atoms with Crippen LogP contribution in [0.25, 0.3) is 0 Å². The van der Waals surface area contributed by atoms with Crippen LogP contribution in [0.4, 0.5) is 0 Å². The topological polar surface area (TPSA) is 57.6 Å². The Morgan fingerprint density at radius 2 is 1.74 bits per heavy atom. The highest BCUT2D eigenvalue weighted by atomic mass is 32.2. The van der Waals surface area contributed by atoms with E-state index in [1.807, 2.05) is 6.92 Å². The minimum atomic E-state index is -3.58. The molecule has 2 bridgehead atoms. The predicted molar refractivity (Wildman–Crippen MR) is 90.6 cm³/mol. The lowest BCUT2D eigenvalue weighted by molar-refractivity contribution is -0.111. The molecule has 0 amide bonds. The van der Waals surface area contributed by atoms with Crippen LogP contribution in [0.1, 0.15) is 38.7 Å². The molecule has 0 unspecified atom stereocenters. The van der Waals surface area contributed by atoms with Crippen molar-refractivity contribution >= 4 is 10.0 Å². The second-order valence-electron chi connectivity index (χ2n) is 7.93. The highest BCUT2D eigenvalue weighted by molar-refractivity contribution is 7.89. The van der Waals surface area contributed by atoms with Gasteiger partial charge in [-0.1, -0.05) is 31.5 Å². The molecule has 1 aromatic rings. The van der Waals surface area contributed by atoms with E-state index < -0.39 is 15.6 Å². The summed E-state index contributed by atoms with van der Waals surface area (Å²) in [6.07, 6.45) is 3.17. The summed E-state index contributed by atoms with van der Waals surface area (Å²) in [5.41, 5.74) is -0.158. The molecule has 1 aromatic carbocycles. The summed E-state index contributed by atoms with van der Waals surface area (Å²) in [6.45, 7) is 6.27. The minimum absolute atomic E-state index is 0.164. The van der Waals surface area contributed by atoms with Crippen LogP contribution in [0.2, 0.25) is 0 Å². The highest BCUT2D eigenvalue weighted by Gasteiger charge is 2.62. The lowest BCUT2D eigenvalue weighted by atomic mass is 9.65. The molecule has 128 valence electrons. The van der Waals surface area contributed by atoms with Crippen molar-refractivity contribution in [1.82, 2.24) is 4.31 Å². The number of nitrogens with zero attached hydrogens (tertiary/aromatic N) is 1. The van der Waals surface area contributed by atoms with E-state index in [2.05, 4.69) is 13.8 Å². The molecule has 5 heteroatoms. The van der Waals surface area contributed by atoms with E-state index in [1.165, 1.54) is 4.31 Å². The van der Waals surface area contributed by atoms with E-state index in [9.17, 15) is 13.5 Å². The van der Waals surface area contributed by atoms with E-state index in [0.29, 0.717) is 5.92 Å². The number of likely N-dealkylation sites (N-methyl/N-ethyl adjacent to an activating group) is 1. The number of aliphatic hydroxyl groups is 1. The van der Waals surface area contributed by atoms with Gasteiger partial charge in [0.2, 0.25) is 10.0 Å². The zero-order chi connectivity index (χ0) is 17.0. The van der Waals surface area contributed by atoms with Crippen molar-refractivity contribution in [2.75, 3.05) is 13.6 Å². The van der Waals surface area contributed by atoms with Crippen LogP contribution >= 0.6 is 0 Å². The van der Waals surface area contributed by atoms with Gasteiger partial charge in [-0.3, -0.25) is 0 Å². The largest absolute Gasteiger partial charge is 0.388 e. The molecule has 0 spiro atoms. The number of rotatable bonds is 4. The summed E-state index contributed by atoms with van der Waals surface area (Å²) < 4.78 is 26.9. The van der Waals surface area contributed by atoms with Crippen molar-refractivity contribution in [2.24, 2.45) is 17.3 Å². The number of aryl methyl sites for hydroxylation is 1. The summed E-state index contributed by atoms with van der Waals surface area (Å²) in [7, 11) is -2.00. The number of hydrogen-bond acceptors (Lipinski definition) is 3. The lowest BCUT2D eigenvalue weighted by Crippen LogP contribution is -2.56. The van der Waals surface area contributed by atoms with Gasteiger partial charge < -0.3 is 5.11 Å². The number of benzene rings is 1. The van der Waals surface area contributed by atoms with Gasteiger partial charge in [-0.25, -0.2) is 8.42 Å². The van der Waals surface area contributed by atoms with Gasteiger partial charge in [0.25, 0.3) is 0 Å². The van der Waals surface area contributed by atoms with E-state index in [1.54, 1.807) is 31.3 Å². The first-order chi connectivity index (χ1) is 10.6. The van der Waals surface area contributed by atoms with Crippen LogP contribution in [-0.4, -0.2) is 37.0 Å². The Hall–Kier alpha value is -0.910. The maximum Gasteiger partial charge on any atom is 0.242 e. The van der Waals surface area contributed by atoms with Gasteiger partial charge in [0.05, 0.1) is 10.5 Å². The second-order valence-corrected chi connectivity index (χ2v) is 9.97. The van der Waals surface area contributed by atoms with Crippen molar-refractivity contribution < 1.29 is 13.5 Å². The lowest BCUT2D eigenvalue weighted by Gasteiger charge is -2.47. The van der Waals surface area contributed by atoms with E-state index in [0.717, 1.165) is 24.8 Å². The summed E-state index contributed by atoms with van der Waals surface area (Å²) in [4.78, 5) is 0.287. The third-order valence-corrected chi connectivity index (χ3v) is 8.25. The van der Waals surface area contributed by atoms with Crippen LogP contribution in [-0.2, 0) is 10.0 Å². The van der Waals surface area contributed by atoms with Gasteiger partial charge in [-0.2, -0.15) is 4.31 Å². The number of fused-ring (bicyclic) bond motifs is 2. The fourth-order valence-electron chi connectivity index (χ4n) is 4.60. The molecule has 3 atom stereocenters. The van der Waals surface area contributed by atoms with Crippen molar-refractivity contribution in [1.29, 1.82) is 0 Å². The number of hydrogen-bond donors (Lipinski definition) is 1. The van der Waals surface area contributed by atoms with Crippen LogP contribution in [0, 0.1) is 24.2 Å². The molecular weight excluding hydrogens is 310 g/mol. The fourth-order valence-corrected chi connectivity index (χ4v) is 5.80. The average molecular weight is 337 g/mol. The first kappa shape index (κ1) is 16.9. The normalized spacial score (nSPS) is 32.6. The van der Waals surface area contributed by atoms with Gasteiger partial charge in [0.1, 0.15) is 0 Å². The first-order valence-electron chi connectivity index (χ1n) is 8.34. The molecule has 2 fully saturated rings. The summed E-state index contributed by atoms with van der Waals surface area (Å²) in [6, 6.07) is 6.88. The summed E-state index contributed by atoms with van der Waals surface area (Å²) >= 11 is 0. The highest BCUT2D eigenvalue weighted by Crippen LogP contribution is 2.61. The molecule has 2 aliphatic carbocycles. The monoisotopic (exact) mass is 337 g/mol. The molecular formula is C18H27NO3S. The molecule has 2 aliphatic rings. The van der Waals surface area contributed by atoms with Crippen molar-refractivity contribution in [3.8, 4) is 0 Å². The first-order valence-corrected chi connectivity index (χ1v) is 9.78. The average Bonchev–Trinajstić information content (AvgIpc) is 3.02. The molecule has 4 nitrogen and oxygen atoms in total. The third kappa shape index (κ3) is 2.44. The van der Waals surface area contributed by atoms with Gasteiger partial charge in [-0.15, -0.1) is 0 Å². The Morgan fingerprint density at radius 3 is 2.26 bits per heavy atom. The minimum Gasteiger partial charge on any atom is -0.388 e. The summed E-state index contributed by atoms with van der Waals surface area (Å²) in [5.74, 6) is 0.700. The molecule has 0 saturated heterocycles. The van der Waals surface area contributed by atoms with Gasteiger partial charge in [0.15, 0.2) is 0 Å². The Kier molecular flexibility index (Phi) is 3.90. The Bertz CT molecular complexity index is 695.